The lowest BCUT2D eigenvalue weighted by atomic mass is 10.2. The Kier molecular flexibility index (Phi) is 5.59. The summed E-state index contributed by atoms with van der Waals surface area (Å²) in [5.41, 5.74) is 0.273. The van der Waals surface area contributed by atoms with Crippen LogP contribution in [0.5, 0.6) is 0 Å². The summed E-state index contributed by atoms with van der Waals surface area (Å²) in [4.78, 5) is 31.0. The number of rotatable bonds is 3. The molecular formula is C15H23N3O4S. The lowest BCUT2D eigenvalue weighted by Crippen LogP contribution is -2.39. The minimum atomic E-state index is -0.992. The van der Waals surface area contributed by atoms with E-state index < -0.39 is 11.6 Å². The maximum absolute atomic E-state index is 12.1. The second-order valence-corrected chi connectivity index (χ2v) is 7.40. The molecule has 0 radical (unpaired) electrons. The normalized spacial score (nSPS) is 16.9. The highest BCUT2D eigenvalue weighted by atomic mass is 32.1. The van der Waals surface area contributed by atoms with Gasteiger partial charge in [0, 0.05) is 38.1 Å². The molecule has 1 aromatic rings. The second kappa shape index (κ2) is 7.27. The highest BCUT2D eigenvalue weighted by molar-refractivity contribution is 7.11. The molecule has 0 saturated carbocycles. The first-order chi connectivity index (χ1) is 10.7. The fourth-order valence-corrected chi connectivity index (χ4v) is 2.99. The van der Waals surface area contributed by atoms with E-state index in [9.17, 15) is 9.59 Å². The number of ether oxygens (including phenoxy) is 1. The molecule has 8 heteroatoms. The monoisotopic (exact) mass is 341 g/mol. The van der Waals surface area contributed by atoms with Crippen molar-refractivity contribution in [3.05, 3.63) is 16.1 Å². The van der Waals surface area contributed by atoms with Gasteiger partial charge in [-0.2, -0.15) is 0 Å². The van der Waals surface area contributed by atoms with Crippen LogP contribution >= 0.6 is 11.3 Å². The Hall–Kier alpha value is -1.67. The molecule has 23 heavy (non-hydrogen) atoms. The van der Waals surface area contributed by atoms with Crippen molar-refractivity contribution in [2.45, 2.75) is 39.3 Å². The van der Waals surface area contributed by atoms with Crippen molar-refractivity contribution in [1.29, 1.82) is 0 Å². The number of amides is 1. The first-order valence-corrected chi connectivity index (χ1v) is 8.50. The van der Waals surface area contributed by atoms with E-state index in [1.165, 1.54) is 0 Å². The number of nitrogens with zero attached hydrogens (tertiary/aromatic N) is 3. The van der Waals surface area contributed by atoms with E-state index >= 15 is 0 Å². The second-order valence-electron chi connectivity index (χ2n) is 6.55. The molecule has 1 aromatic heterocycles. The zero-order valence-corrected chi connectivity index (χ0v) is 14.6. The lowest BCUT2D eigenvalue weighted by Gasteiger charge is -2.26. The van der Waals surface area contributed by atoms with Gasteiger partial charge in [0.15, 0.2) is 0 Å². The molecule has 0 unspecified atom stereocenters. The molecule has 2 rings (SSSR count). The van der Waals surface area contributed by atoms with Gasteiger partial charge in [0.2, 0.25) is 5.01 Å². The molecule has 1 aliphatic heterocycles. The molecule has 1 aliphatic rings. The zero-order valence-electron chi connectivity index (χ0n) is 13.7. The Morgan fingerprint density at radius 3 is 2.65 bits per heavy atom. The van der Waals surface area contributed by atoms with Crippen molar-refractivity contribution in [2.75, 3.05) is 26.2 Å². The summed E-state index contributed by atoms with van der Waals surface area (Å²) >= 11 is 1.14. The van der Waals surface area contributed by atoms with E-state index in [0.717, 1.165) is 36.5 Å². The van der Waals surface area contributed by atoms with Crippen LogP contribution in [0.4, 0.5) is 4.79 Å². The Bertz CT molecular complexity index is 567. The largest absolute Gasteiger partial charge is 0.476 e. The molecule has 1 N–H and O–H groups in total. The van der Waals surface area contributed by atoms with Gasteiger partial charge in [0.25, 0.3) is 0 Å². The number of carboxylic acid groups (broad SMARTS) is 1. The summed E-state index contributed by atoms with van der Waals surface area (Å²) in [6, 6.07) is 0. The predicted octanol–water partition coefficient (Wildman–Crippen LogP) is 2.28. The highest BCUT2D eigenvalue weighted by Gasteiger charge is 2.24. The summed E-state index contributed by atoms with van der Waals surface area (Å²) in [6.45, 7) is 9.02. The molecule has 0 bridgehead atoms. The predicted molar refractivity (Wildman–Crippen MR) is 86.8 cm³/mol. The number of thiazole rings is 1. The molecule has 0 aromatic carbocycles. The average molecular weight is 341 g/mol. The molecule has 0 atom stereocenters. The van der Waals surface area contributed by atoms with Crippen molar-refractivity contribution in [3.8, 4) is 0 Å². The molecule has 0 spiro atoms. The third-order valence-electron chi connectivity index (χ3n) is 3.36. The van der Waals surface area contributed by atoms with Crippen molar-refractivity contribution in [2.24, 2.45) is 0 Å². The van der Waals surface area contributed by atoms with Crippen molar-refractivity contribution < 1.29 is 19.4 Å². The highest BCUT2D eigenvalue weighted by Crippen LogP contribution is 2.15. The minimum absolute atomic E-state index is 0.116. The van der Waals surface area contributed by atoms with Crippen LogP contribution < -0.4 is 0 Å². The van der Waals surface area contributed by atoms with Crippen LogP contribution in [0.2, 0.25) is 0 Å². The van der Waals surface area contributed by atoms with Crippen LogP contribution in [0.3, 0.4) is 0 Å². The molecule has 7 nitrogen and oxygen atoms in total. The maximum atomic E-state index is 12.1. The molecular weight excluding hydrogens is 318 g/mol. The topological polar surface area (TPSA) is 83.0 Å². The number of carbonyl (C=O) groups is 2. The van der Waals surface area contributed by atoms with Gasteiger partial charge >= 0.3 is 12.1 Å². The number of carboxylic acids is 1. The fraction of sp³-hybridized carbons (Fsp3) is 0.667. The van der Waals surface area contributed by atoms with Crippen LogP contribution in [0, 0.1) is 0 Å². The Morgan fingerprint density at radius 2 is 2.04 bits per heavy atom. The average Bonchev–Trinajstić information content (AvgIpc) is 2.76. The Labute approximate surface area is 139 Å². The van der Waals surface area contributed by atoms with E-state index in [4.69, 9.17) is 9.84 Å². The SMILES string of the molecule is CC(C)(C)OC(=O)N1CCCN(Cc2csc(C(=O)O)n2)CC1. The number of aromatic carboxylic acids is 1. The van der Waals surface area contributed by atoms with Gasteiger partial charge in [-0.05, 0) is 27.2 Å². The fourth-order valence-electron chi connectivity index (χ4n) is 2.35. The first kappa shape index (κ1) is 17.7. The van der Waals surface area contributed by atoms with Gasteiger partial charge in [0.05, 0.1) is 5.69 Å². The summed E-state index contributed by atoms with van der Waals surface area (Å²) in [5, 5.41) is 10.8. The zero-order chi connectivity index (χ0) is 17.0. The van der Waals surface area contributed by atoms with Crippen molar-refractivity contribution in [3.63, 3.8) is 0 Å². The Morgan fingerprint density at radius 1 is 1.30 bits per heavy atom. The third kappa shape index (κ3) is 5.47. The van der Waals surface area contributed by atoms with E-state index in [0.29, 0.717) is 19.6 Å². The van der Waals surface area contributed by atoms with Gasteiger partial charge < -0.3 is 14.7 Å². The van der Waals surface area contributed by atoms with Gasteiger partial charge in [-0.3, -0.25) is 4.90 Å². The van der Waals surface area contributed by atoms with Gasteiger partial charge in [-0.1, -0.05) is 0 Å². The maximum Gasteiger partial charge on any atom is 0.410 e. The van der Waals surface area contributed by atoms with Gasteiger partial charge in [-0.25, -0.2) is 14.6 Å². The molecule has 0 aliphatic carbocycles. The molecule has 1 saturated heterocycles. The van der Waals surface area contributed by atoms with Gasteiger partial charge in [0.1, 0.15) is 5.60 Å². The molecule has 2 heterocycles. The molecule has 1 fully saturated rings. The van der Waals surface area contributed by atoms with Crippen LogP contribution in [0.1, 0.15) is 42.7 Å². The number of hydrogen-bond donors (Lipinski definition) is 1. The van der Waals surface area contributed by atoms with Crippen molar-refractivity contribution in [1.82, 2.24) is 14.8 Å². The summed E-state index contributed by atoms with van der Waals surface area (Å²) in [7, 11) is 0. The van der Waals surface area contributed by atoms with Crippen LogP contribution in [-0.4, -0.2) is 63.7 Å². The standard InChI is InChI=1S/C15H23N3O4S/c1-15(2,3)22-14(21)18-6-4-5-17(7-8-18)9-11-10-23-12(16-11)13(19)20/h10H,4-9H2,1-3H3,(H,19,20). The Balaban J connectivity index is 1.88. The summed E-state index contributed by atoms with van der Waals surface area (Å²) in [6.07, 6.45) is 0.580. The molecule has 128 valence electrons. The van der Waals surface area contributed by atoms with Crippen LogP contribution in [-0.2, 0) is 11.3 Å². The van der Waals surface area contributed by atoms with Crippen molar-refractivity contribution >= 4 is 23.4 Å². The summed E-state index contributed by atoms with van der Waals surface area (Å²) < 4.78 is 5.41. The minimum Gasteiger partial charge on any atom is -0.476 e. The quantitative estimate of drug-likeness (QED) is 0.908. The van der Waals surface area contributed by atoms with E-state index in [1.807, 2.05) is 20.8 Å². The number of aromatic nitrogens is 1. The van der Waals surface area contributed by atoms with E-state index in [1.54, 1.807) is 10.3 Å². The molecule has 1 amide bonds. The van der Waals surface area contributed by atoms with Crippen LogP contribution in [0.25, 0.3) is 0 Å². The number of hydrogen-bond acceptors (Lipinski definition) is 6. The van der Waals surface area contributed by atoms with E-state index in [-0.39, 0.29) is 11.1 Å². The lowest BCUT2D eigenvalue weighted by molar-refractivity contribution is 0.0257. The smallest absolute Gasteiger partial charge is 0.410 e. The summed E-state index contributed by atoms with van der Waals surface area (Å²) in [5.74, 6) is -0.992. The number of carbonyl (C=O) groups excluding carboxylic acids is 1. The third-order valence-corrected chi connectivity index (χ3v) is 4.24. The van der Waals surface area contributed by atoms with Gasteiger partial charge in [-0.15, -0.1) is 11.3 Å². The first-order valence-electron chi connectivity index (χ1n) is 7.62. The van der Waals surface area contributed by atoms with E-state index in [2.05, 4.69) is 9.88 Å². The van der Waals surface area contributed by atoms with Crippen LogP contribution in [0.15, 0.2) is 5.38 Å².